The Bertz CT molecular complexity index is 923. The number of nitrogens with zero attached hydrogens (tertiary/aromatic N) is 2. The smallest absolute Gasteiger partial charge is 0.241 e. The van der Waals surface area contributed by atoms with Crippen LogP contribution in [0.1, 0.15) is 33.1 Å². The van der Waals surface area contributed by atoms with E-state index in [1.165, 1.54) is 0 Å². The lowest BCUT2D eigenvalue weighted by Crippen LogP contribution is -2.49. The number of sulfonamides is 1. The van der Waals surface area contributed by atoms with Crippen LogP contribution in [-0.4, -0.2) is 56.1 Å². The van der Waals surface area contributed by atoms with Crippen molar-refractivity contribution in [3.8, 4) is 0 Å². The fraction of sp³-hybridized carbons (Fsp3) is 0.684. The number of thioether (sulfide) groups is 1. The van der Waals surface area contributed by atoms with Crippen molar-refractivity contribution in [2.75, 3.05) is 30.4 Å². The van der Waals surface area contributed by atoms with Crippen molar-refractivity contribution in [2.45, 2.75) is 60.6 Å². The molecule has 5 rings (SSSR count). The molecule has 2 saturated heterocycles. The molecule has 3 aliphatic heterocycles. The van der Waals surface area contributed by atoms with Crippen LogP contribution in [0.4, 0.5) is 11.4 Å². The summed E-state index contributed by atoms with van der Waals surface area (Å²) in [7, 11) is -1.48. The molecule has 4 unspecified atom stereocenters. The van der Waals surface area contributed by atoms with E-state index in [4.69, 9.17) is 0 Å². The lowest BCUT2D eigenvalue weighted by Gasteiger charge is -2.33. The van der Waals surface area contributed by atoms with E-state index in [2.05, 4.69) is 50.2 Å². The van der Waals surface area contributed by atoms with Crippen molar-refractivity contribution in [1.82, 2.24) is 26.0 Å². The monoisotopic (exact) mass is 453 g/mol. The molecule has 11 heteroatoms. The molecule has 4 atom stereocenters. The molecule has 166 valence electrons. The molecule has 1 aliphatic carbocycles. The molecule has 0 aromatic heterocycles. The SMILES string of the molecule is CC1NNC(N2c3cc(S(=O)(=O)NC4(C)CC4)ccc3NC2CC2CNN(C)C2)S1. The molecule has 9 nitrogen and oxygen atoms in total. The summed E-state index contributed by atoms with van der Waals surface area (Å²) >= 11 is 1.79. The van der Waals surface area contributed by atoms with E-state index in [9.17, 15) is 8.42 Å². The summed E-state index contributed by atoms with van der Waals surface area (Å²) in [5.41, 5.74) is 11.7. The lowest BCUT2D eigenvalue weighted by molar-refractivity contribution is 0.306. The van der Waals surface area contributed by atoms with Crippen molar-refractivity contribution >= 4 is 33.2 Å². The minimum atomic E-state index is -3.55. The molecule has 0 amide bonds. The molecule has 0 spiro atoms. The van der Waals surface area contributed by atoms with E-state index in [-0.39, 0.29) is 22.6 Å². The van der Waals surface area contributed by atoms with Gasteiger partial charge < -0.3 is 10.2 Å². The Balaban J connectivity index is 1.43. The van der Waals surface area contributed by atoms with Crippen LogP contribution in [0.15, 0.2) is 23.1 Å². The van der Waals surface area contributed by atoms with Crippen LogP contribution in [0.2, 0.25) is 0 Å². The molecular formula is C19H31N7O2S2. The standard InChI is InChI=1S/C19H31N7O2S2/c1-12-22-23-18(29-12)26-16-9-14(30(27,28)24-19(2)6-7-19)4-5-15(16)21-17(26)8-13-10-20-25(3)11-13/h4-5,9,12-13,17-18,20-24H,6-8,10-11H2,1-3H3. The lowest BCUT2D eigenvalue weighted by atomic mass is 10.0. The van der Waals surface area contributed by atoms with Crippen LogP contribution >= 0.6 is 11.8 Å². The van der Waals surface area contributed by atoms with E-state index in [1.54, 1.807) is 17.8 Å². The second-order valence-electron chi connectivity index (χ2n) is 9.18. The Labute approximate surface area is 182 Å². The molecule has 30 heavy (non-hydrogen) atoms. The number of hydrogen-bond acceptors (Lipinski definition) is 9. The van der Waals surface area contributed by atoms with Gasteiger partial charge in [0.2, 0.25) is 10.0 Å². The van der Waals surface area contributed by atoms with Crippen molar-refractivity contribution in [1.29, 1.82) is 0 Å². The fourth-order valence-electron chi connectivity index (χ4n) is 4.43. The van der Waals surface area contributed by atoms with Gasteiger partial charge in [-0.15, -0.1) is 11.8 Å². The number of benzene rings is 1. The van der Waals surface area contributed by atoms with E-state index < -0.39 is 10.0 Å². The Morgan fingerprint density at radius 1 is 1.30 bits per heavy atom. The average Bonchev–Trinajstić information content (AvgIpc) is 3.03. The highest BCUT2D eigenvalue weighted by atomic mass is 32.2. The molecule has 1 aromatic rings. The van der Waals surface area contributed by atoms with E-state index in [1.807, 2.05) is 19.1 Å². The van der Waals surface area contributed by atoms with Crippen LogP contribution in [-0.2, 0) is 10.0 Å². The van der Waals surface area contributed by atoms with Gasteiger partial charge in [0.15, 0.2) is 0 Å². The van der Waals surface area contributed by atoms with E-state index in [0.717, 1.165) is 43.7 Å². The second-order valence-corrected chi connectivity index (χ2v) is 12.3. The summed E-state index contributed by atoms with van der Waals surface area (Å²) in [4.78, 5) is 2.63. The summed E-state index contributed by atoms with van der Waals surface area (Å²) in [6.07, 6.45) is 2.85. The minimum absolute atomic E-state index is 0.0257. The Hall–Kier alpha value is -1.08. The van der Waals surface area contributed by atoms with Gasteiger partial charge in [0.1, 0.15) is 11.7 Å². The second kappa shape index (κ2) is 7.51. The third kappa shape index (κ3) is 4.04. The molecule has 1 saturated carbocycles. The number of nitrogens with one attached hydrogen (secondary N) is 5. The quantitative estimate of drug-likeness (QED) is 0.432. The molecule has 3 heterocycles. The van der Waals surface area contributed by atoms with Gasteiger partial charge in [-0.2, -0.15) is 0 Å². The summed E-state index contributed by atoms with van der Waals surface area (Å²) in [5, 5.41) is 6.06. The summed E-state index contributed by atoms with van der Waals surface area (Å²) < 4.78 is 28.8. The first kappa shape index (κ1) is 20.8. The normalized spacial score (nSPS) is 33.0. The van der Waals surface area contributed by atoms with Crippen LogP contribution < -0.4 is 31.2 Å². The first-order chi connectivity index (χ1) is 14.2. The van der Waals surface area contributed by atoms with Crippen LogP contribution in [0, 0.1) is 5.92 Å². The largest absolute Gasteiger partial charge is 0.363 e. The van der Waals surface area contributed by atoms with Gasteiger partial charge in [0.05, 0.1) is 21.6 Å². The predicted octanol–water partition coefficient (Wildman–Crippen LogP) is 1.00. The maximum Gasteiger partial charge on any atom is 0.241 e. The zero-order chi connectivity index (χ0) is 21.1. The van der Waals surface area contributed by atoms with Gasteiger partial charge in [-0.3, -0.25) is 5.43 Å². The third-order valence-corrected chi connectivity index (χ3v) is 9.10. The van der Waals surface area contributed by atoms with Crippen molar-refractivity contribution in [3.63, 3.8) is 0 Å². The fourth-order valence-corrected chi connectivity index (χ4v) is 6.96. The van der Waals surface area contributed by atoms with Gasteiger partial charge in [-0.1, -0.05) is 0 Å². The molecular weight excluding hydrogens is 422 g/mol. The highest BCUT2D eigenvalue weighted by molar-refractivity contribution is 8.00. The first-order valence-corrected chi connectivity index (χ1v) is 13.0. The Kier molecular flexibility index (Phi) is 5.20. The zero-order valence-corrected chi connectivity index (χ0v) is 19.2. The number of hydrazine groups is 2. The van der Waals surface area contributed by atoms with Gasteiger partial charge in [-0.05, 0) is 57.2 Å². The van der Waals surface area contributed by atoms with Gasteiger partial charge in [0.25, 0.3) is 0 Å². The molecule has 1 aromatic carbocycles. The van der Waals surface area contributed by atoms with Gasteiger partial charge in [0, 0.05) is 25.7 Å². The number of hydrogen-bond donors (Lipinski definition) is 5. The summed E-state index contributed by atoms with van der Waals surface area (Å²) in [6, 6.07) is 5.43. The number of anilines is 2. The third-order valence-electron chi connectivity index (χ3n) is 6.33. The first-order valence-electron chi connectivity index (χ1n) is 10.6. The summed E-state index contributed by atoms with van der Waals surface area (Å²) in [6.45, 7) is 6.04. The molecule has 5 N–H and O–H groups in total. The predicted molar refractivity (Wildman–Crippen MR) is 120 cm³/mol. The van der Waals surface area contributed by atoms with Gasteiger partial charge in [-0.25, -0.2) is 29.0 Å². The Morgan fingerprint density at radius 2 is 2.10 bits per heavy atom. The topological polar surface area (TPSA) is 101 Å². The van der Waals surface area contributed by atoms with Crippen LogP contribution in [0.5, 0.6) is 0 Å². The van der Waals surface area contributed by atoms with Crippen molar-refractivity contribution in [2.24, 2.45) is 5.92 Å². The zero-order valence-electron chi connectivity index (χ0n) is 17.6. The van der Waals surface area contributed by atoms with Crippen LogP contribution in [0.25, 0.3) is 0 Å². The maximum atomic E-state index is 13.0. The maximum absolute atomic E-state index is 13.0. The molecule has 4 aliphatic rings. The number of fused-ring (bicyclic) bond motifs is 1. The van der Waals surface area contributed by atoms with E-state index in [0.29, 0.717) is 10.8 Å². The Morgan fingerprint density at radius 3 is 2.73 bits per heavy atom. The average molecular weight is 454 g/mol. The molecule has 0 bridgehead atoms. The van der Waals surface area contributed by atoms with Crippen molar-refractivity contribution in [3.05, 3.63) is 18.2 Å². The molecule has 3 fully saturated rings. The van der Waals surface area contributed by atoms with Crippen molar-refractivity contribution < 1.29 is 8.42 Å². The highest BCUT2D eigenvalue weighted by Gasteiger charge is 2.43. The highest BCUT2D eigenvalue weighted by Crippen LogP contribution is 2.43. The minimum Gasteiger partial charge on any atom is -0.363 e. The molecule has 0 radical (unpaired) electrons. The van der Waals surface area contributed by atoms with Gasteiger partial charge >= 0.3 is 0 Å². The van der Waals surface area contributed by atoms with E-state index >= 15 is 0 Å². The van der Waals surface area contributed by atoms with Crippen LogP contribution in [0.3, 0.4) is 0 Å². The summed E-state index contributed by atoms with van der Waals surface area (Å²) in [5.74, 6) is 0.529. The number of rotatable bonds is 6.